The summed E-state index contributed by atoms with van der Waals surface area (Å²) >= 11 is 0. The van der Waals surface area contributed by atoms with Crippen LogP contribution in [-0.2, 0) is 6.42 Å². The molecule has 6 heteroatoms. The van der Waals surface area contributed by atoms with Gasteiger partial charge < -0.3 is 24.4 Å². The Morgan fingerprint density at radius 2 is 1.80 bits per heavy atom. The maximum Gasteiger partial charge on any atom is 0.317 e. The highest BCUT2D eigenvalue weighted by Crippen LogP contribution is 2.34. The number of likely N-dealkylation sites (tertiary alicyclic amines) is 1. The molecule has 1 aliphatic heterocycles. The Morgan fingerprint density at radius 3 is 2.44 bits per heavy atom. The lowest BCUT2D eigenvalue weighted by molar-refractivity contribution is 0.149. The summed E-state index contributed by atoms with van der Waals surface area (Å²) in [6.07, 6.45) is 5.09. The van der Waals surface area contributed by atoms with Gasteiger partial charge in [0.25, 0.3) is 0 Å². The molecule has 1 atom stereocenters. The zero-order valence-electron chi connectivity index (χ0n) is 15.8. The number of hydrogen-bond acceptors (Lipinski definition) is 4. The molecule has 1 heterocycles. The van der Waals surface area contributed by atoms with Crippen molar-refractivity contribution >= 4 is 6.03 Å². The van der Waals surface area contributed by atoms with Crippen LogP contribution in [0, 0.1) is 0 Å². The van der Waals surface area contributed by atoms with Gasteiger partial charge in [0.15, 0.2) is 11.5 Å². The van der Waals surface area contributed by atoms with Crippen molar-refractivity contribution in [1.82, 2.24) is 10.2 Å². The minimum absolute atomic E-state index is 0.0333. The van der Waals surface area contributed by atoms with Crippen molar-refractivity contribution in [3.8, 4) is 17.2 Å². The minimum atomic E-state index is 0.0333. The number of piperidine rings is 1. The lowest BCUT2D eigenvalue weighted by atomic mass is 10.0. The van der Waals surface area contributed by atoms with Gasteiger partial charge in [-0.05, 0) is 43.7 Å². The molecule has 6 nitrogen and oxygen atoms in total. The van der Waals surface area contributed by atoms with Crippen LogP contribution >= 0.6 is 0 Å². The molecular weight excluding hydrogens is 320 g/mol. The number of hydrogen-bond donors (Lipinski definition) is 1. The number of nitrogens with one attached hydrogen (secondary N) is 1. The number of nitrogens with zero attached hydrogens (tertiary/aromatic N) is 1. The molecule has 1 aromatic carbocycles. The van der Waals surface area contributed by atoms with E-state index in [1.165, 1.54) is 6.42 Å². The fraction of sp³-hybridized carbons (Fsp3) is 0.632. The van der Waals surface area contributed by atoms with Crippen LogP contribution in [0.5, 0.6) is 17.2 Å². The molecule has 0 radical (unpaired) electrons. The second-order valence-electron chi connectivity index (χ2n) is 6.25. The maximum absolute atomic E-state index is 12.5. The predicted molar refractivity (Wildman–Crippen MR) is 97.8 cm³/mol. The third-order valence-corrected chi connectivity index (χ3v) is 4.82. The zero-order chi connectivity index (χ0) is 18.2. The third-order valence-electron chi connectivity index (χ3n) is 4.82. The number of ether oxygens (including phenoxy) is 3. The van der Waals surface area contributed by atoms with Crippen LogP contribution < -0.4 is 19.5 Å². The Kier molecular flexibility index (Phi) is 7.22. The van der Waals surface area contributed by atoms with Crippen LogP contribution in [0.3, 0.4) is 0 Å². The van der Waals surface area contributed by atoms with Gasteiger partial charge in [-0.3, -0.25) is 0 Å². The summed E-state index contributed by atoms with van der Waals surface area (Å²) in [5.74, 6) is 2.02. The van der Waals surface area contributed by atoms with Crippen molar-refractivity contribution in [2.75, 3.05) is 34.4 Å². The molecule has 2 amide bonds. The van der Waals surface area contributed by atoms with Crippen molar-refractivity contribution in [1.29, 1.82) is 0 Å². The van der Waals surface area contributed by atoms with E-state index in [0.29, 0.717) is 30.5 Å². The SMILES string of the molecule is CCC1CCCCN1C(=O)NCCc1cc(OC)c(OC)cc1OC. The summed E-state index contributed by atoms with van der Waals surface area (Å²) in [6.45, 7) is 3.55. The molecule has 0 aliphatic carbocycles. The zero-order valence-corrected chi connectivity index (χ0v) is 15.8. The smallest absolute Gasteiger partial charge is 0.317 e. The van der Waals surface area contributed by atoms with Crippen molar-refractivity contribution in [2.24, 2.45) is 0 Å². The molecule has 0 aromatic heterocycles. The molecule has 0 saturated carbocycles. The highest BCUT2D eigenvalue weighted by Gasteiger charge is 2.24. The first-order valence-electron chi connectivity index (χ1n) is 8.97. The molecule has 25 heavy (non-hydrogen) atoms. The van der Waals surface area contributed by atoms with Crippen molar-refractivity contribution in [2.45, 2.75) is 45.1 Å². The Balaban J connectivity index is 1.97. The van der Waals surface area contributed by atoms with Crippen molar-refractivity contribution < 1.29 is 19.0 Å². The highest BCUT2D eigenvalue weighted by atomic mass is 16.5. The molecule has 1 N–H and O–H groups in total. The molecule has 0 bridgehead atoms. The van der Waals surface area contributed by atoms with Gasteiger partial charge in [-0.1, -0.05) is 6.92 Å². The third kappa shape index (κ3) is 4.71. The number of urea groups is 1. The summed E-state index contributed by atoms with van der Waals surface area (Å²) in [6, 6.07) is 4.11. The van der Waals surface area contributed by atoms with Gasteiger partial charge in [0.1, 0.15) is 5.75 Å². The standard InChI is InChI=1S/C19H30N2O4/c1-5-15-8-6-7-11-21(15)19(22)20-10-9-14-12-17(24-3)18(25-4)13-16(14)23-2/h12-13,15H,5-11H2,1-4H3,(H,20,22). The van der Waals surface area contributed by atoms with Crippen LogP contribution in [-0.4, -0.2) is 51.4 Å². The van der Waals surface area contributed by atoms with Gasteiger partial charge in [-0.25, -0.2) is 4.79 Å². The summed E-state index contributed by atoms with van der Waals surface area (Å²) in [5.41, 5.74) is 0.978. The van der Waals surface area contributed by atoms with E-state index in [4.69, 9.17) is 14.2 Å². The first-order valence-corrected chi connectivity index (χ1v) is 8.97. The second-order valence-corrected chi connectivity index (χ2v) is 6.25. The predicted octanol–water partition coefficient (Wildman–Crippen LogP) is 3.23. The van der Waals surface area contributed by atoms with Crippen molar-refractivity contribution in [3.05, 3.63) is 17.7 Å². The molecule has 2 rings (SSSR count). The minimum Gasteiger partial charge on any atom is -0.496 e. The average molecular weight is 350 g/mol. The lowest BCUT2D eigenvalue weighted by Gasteiger charge is -2.35. The quantitative estimate of drug-likeness (QED) is 0.820. The average Bonchev–Trinajstić information content (AvgIpc) is 2.67. The van der Waals surface area contributed by atoms with E-state index >= 15 is 0 Å². The van der Waals surface area contributed by atoms with E-state index in [-0.39, 0.29) is 6.03 Å². The summed E-state index contributed by atoms with van der Waals surface area (Å²) in [7, 11) is 4.83. The first kappa shape index (κ1) is 19.2. The molecule has 1 aromatic rings. The summed E-state index contributed by atoms with van der Waals surface area (Å²) in [5, 5.41) is 3.04. The molecule has 1 aliphatic rings. The number of carbonyl (C=O) groups excluding carboxylic acids is 1. The molecule has 140 valence electrons. The fourth-order valence-electron chi connectivity index (χ4n) is 3.39. The molecular formula is C19H30N2O4. The van der Waals surface area contributed by atoms with E-state index in [2.05, 4.69) is 12.2 Å². The Bertz CT molecular complexity index is 577. The van der Waals surface area contributed by atoms with Gasteiger partial charge in [0, 0.05) is 25.2 Å². The van der Waals surface area contributed by atoms with E-state index < -0.39 is 0 Å². The number of benzene rings is 1. The Hall–Kier alpha value is -2.11. The van der Waals surface area contributed by atoms with E-state index in [9.17, 15) is 4.79 Å². The van der Waals surface area contributed by atoms with Crippen LogP contribution in [0.2, 0.25) is 0 Å². The Morgan fingerprint density at radius 1 is 1.12 bits per heavy atom. The largest absolute Gasteiger partial charge is 0.496 e. The normalized spacial score (nSPS) is 17.1. The number of amides is 2. The van der Waals surface area contributed by atoms with Gasteiger partial charge >= 0.3 is 6.03 Å². The molecule has 1 saturated heterocycles. The highest BCUT2D eigenvalue weighted by molar-refractivity contribution is 5.74. The maximum atomic E-state index is 12.5. The van der Waals surface area contributed by atoms with Gasteiger partial charge in [-0.15, -0.1) is 0 Å². The lowest BCUT2D eigenvalue weighted by Crippen LogP contribution is -2.48. The van der Waals surface area contributed by atoms with Crippen LogP contribution in [0.1, 0.15) is 38.2 Å². The molecule has 1 unspecified atom stereocenters. The Labute approximate surface area is 150 Å². The number of methoxy groups -OCH3 is 3. The summed E-state index contributed by atoms with van der Waals surface area (Å²) < 4.78 is 16.1. The van der Waals surface area contributed by atoms with Crippen LogP contribution in [0.15, 0.2) is 12.1 Å². The van der Waals surface area contributed by atoms with Crippen LogP contribution in [0.4, 0.5) is 4.79 Å². The van der Waals surface area contributed by atoms with E-state index in [1.807, 2.05) is 17.0 Å². The van der Waals surface area contributed by atoms with Crippen LogP contribution in [0.25, 0.3) is 0 Å². The second kappa shape index (κ2) is 9.39. The molecule has 1 fully saturated rings. The topological polar surface area (TPSA) is 60.0 Å². The van der Waals surface area contributed by atoms with E-state index in [0.717, 1.165) is 37.1 Å². The van der Waals surface area contributed by atoms with Gasteiger partial charge in [-0.2, -0.15) is 0 Å². The summed E-state index contributed by atoms with van der Waals surface area (Å²) in [4.78, 5) is 14.5. The van der Waals surface area contributed by atoms with Crippen molar-refractivity contribution in [3.63, 3.8) is 0 Å². The molecule has 0 spiro atoms. The number of carbonyl (C=O) groups is 1. The fourth-order valence-corrected chi connectivity index (χ4v) is 3.39. The number of rotatable bonds is 7. The monoisotopic (exact) mass is 350 g/mol. The first-order chi connectivity index (χ1) is 12.1. The van der Waals surface area contributed by atoms with Gasteiger partial charge in [0.2, 0.25) is 0 Å². The van der Waals surface area contributed by atoms with E-state index in [1.54, 1.807) is 21.3 Å². The van der Waals surface area contributed by atoms with Gasteiger partial charge in [0.05, 0.1) is 21.3 Å².